The van der Waals surface area contributed by atoms with Crippen molar-refractivity contribution in [2.24, 2.45) is 5.73 Å². The molecular weight excluding hydrogens is 290 g/mol. The van der Waals surface area contributed by atoms with Crippen LogP contribution in [0.1, 0.15) is 5.56 Å². The van der Waals surface area contributed by atoms with E-state index in [-0.39, 0.29) is 25.4 Å². The number of benzene rings is 1. The van der Waals surface area contributed by atoms with Crippen LogP contribution < -0.4 is 11.4 Å². The van der Waals surface area contributed by atoms with E-state index in [0.717, 1.165) is 0 Å². The molecule has 0 bridgehead atoms. The number of halogens is 3. The van der Waals surface area contributed by atoms with E-state index in [0.29, 0.717) is 23.2 Å². The first kappa shape index (κ1) is 16.1. The van der Waals surface area contributed by atoms with Gasteiger partial charge in [-0.25, -0.2) is 23.2 Å². The van der Waals surface area contributed by atoms with Crippen LogP contribution in [0.2, 0.25) is 0 Å². The summed E-state index contributed by atoms with van der Waals surface area (Å²) in [7, 11) is 0. The zero-order valence-electron chi connectivity index (χ0n) is 10.3. The molecule has 0 aliphatic rings. The minimum absolute atomic E-state index is 0. The molecule has 0 aliphatic carbocycles. The molecule has 3 N–H and O–H groups in total. The van der Waals surface area contributed by atoms with E-state index >= 15 is 0 Å². The number of nitrogens with two attached hydrogens (primary N) is 1. The molecule has 0 saturated heterocycles. The van der Waals surface area contributed by atoms with Crippen LogP contribution in [-0.2, 0) is 6.42 Å². The number of hydrogen-bond acceptors (Lipinski definition) is 3. The molecule has 5 nitrogen and oxygen atoms in total. The van der Waals surface area contributed by atoms with Crippen LogP contribution in [0, 0.1) is 5.82 Å². The molecule has 1 aromatic heterocycles. The Labute approximate surface area is 119 Å². The maximum atomic E-state index is 13.3. The third kappa shape index (κ3) is 3.31. The van der Waals surface area contributed by atoms with Crippen molar-refractivity contribution in [3.05, 3.63) is 58.3 Å². The average Bonchev–Trinajstić information content (AvgIpc) is 2.82. The number of nitrogens with zero attached hydrogens (tertiary/aromatic N) is 2. The molecule has 0 spiro atoms. The second-order valence-electron chi connectivity index (χ2n) is 3.95. The van der Waals surface area contributed by atoms with E-state index in [4.69, 9.17) is 5.73 Å². The van der Waals surface area contributed by atoms with Crippen molar-refractivity contribution in [3.8, 4) is 5.69 Å². The summed E-state index contributed by atoms with van der Waals surface area (Å²) in [6.45, 7) is 0.0206. The van der Waals surface area contributed by atoms with Gasteiger partial charge in [0.1, 0.15) is 12.1 Å². The Bertz CT molecular complexity index is 665. The molecule has 2 rings (SSSR count). The predicted octanol–water partition coefficient (Wildman–Crippen LogP) is 1.48. The predicted molar refractivity (Wildman–Crippen MR) is 73.3 cm³/mol. The van der Waals surface area contributed by atoms with Gasteiger partial charge in [-0.1, -0.05) is 0 Å². The van der Waals surface area contributed by atoms with E-state index in [9.17, 15) is 13.6 Å². The van der Waals surface area contributed by atoms with Crippen LogP contribution in [0.4, 0.5) is 8.78 Å². The molecule has 1 aromatic carbocycles. The fourth-order valence-electron chi connectivity index (χ4n) is 1.75. The summed E-state index contributed by atoms with van der Waals surface area (Å²) in [6, 6.07) is 3.90. The van der Waals surface area contributed by atoms with E-state index in [1.807, 2.05) is 0 Å². The Morgan fingerprint density at radius 3 is 2.80 bits per heavy atom. The largest absolute Gasteiger partial charge is 0.347 e. The molecule has 0 amide bonds. The van der Waals surface area contributed by atoms with E-state index in [1.165, 1.54) is 29.1 Å². The molecule has 0 aliphatic heterocycles. The van der Waals surface area contributed by atoms with Crippen LogP contribution in [0.25, 0.3) is 5.69 Å². The zero-order valence-corrected chi connectivity index (χ0v) is 11.2. The molecule has 108 valence electrons. The SMILES string of the molecule is Cl.NC/C(=C/F)Cc1cc(F)ccc1-n1cn[nH]c1=O. The lowest BCUT2D eigenvalue weighted by molar-refractivity contribution is 0.624. The summed E-state index contributed by atoms with van der Waals surface area (Å²) >= 11 is 0. The maximum absolute atomic E-state index is 13.3. The van der Waals surface area contributed by atoms with Gasteiger partial charge in [-0.2, -0.15) is 5.10 Å². The summed E-state index contributed by atoms with van der Waals surface area (Å²) in [5, 5.41) is 5.84. The Morgan fingerprint density at radius 2 is 2.25 bits per heavy atom. The molecule has 1 heterocycles. The molecule has 8 heteroatoms. The molecule has 0 fully saturated rings. The quantitative estimate of drug-likeness (QED) is 0.898. The Kier molecular flexibility index (Phi) is 5.60. The molecule has 0 atom stereocenters. The van der Waals surface area contributed by atoms with Crippen LogP contribution in [-0.4, -0.2) is 21.3 Å². The van der Waals surface area contributed by atoms with Gasteiger partial charge < -0.3 is 5.73 Å². The lowest BCUT2D eigenvalue weighted by Gasteiger charge is -2.10. The van der Waals surface area contributed by atoms with Crippen LogP contribution in [0.5, 0.6) is 0 Å². The maximum Gasteiger partial charge on any atom is 0.347 e. The van der Waals surface area contributed by atoms with Crippen LogP contribution >= 0.6 is 12.4 Å². The highest BCUT2D eigenvalue weighted by molar-refractivity contribution is 5.85. The third-order valence-corrected chi connectivity index (χ3v) is 2.69. The number of hydrogen-bond donors (Lipinski definition) is 2. The molecule has 2 aromatic rings. The highest BCUT2D eigenvalue weighted by Gasteiger charge is 2.10. The van der Waals surface area contributed by atoms with Gasteiger partial charge >= 0.3 is 5.69 Å². The topological polar surface area (TPSA) is 76.7 Å². The first-order chi connectivity index (χ1) is 9.15. The number of H-pyrrole nitrogens is 1. The van der Waals surface area contributed by atoms with Crippen molar-refractivity contribution in [2.45, 2.75) is 6.42 Å². The van der Waals surface area contributed by atoms with Crippen molar-refractivity contribution < 1.29 is 8.78 Å². The minimum Gasteiger partial charge on any atom is -0.327 e. The van der Waals surface area contributed by atoms with Gasteiger partial charge in [0.15, 0.2) is 0 Å². The molecule has 20 heavy (non-hydrogen) atoms. The van der Waals surface area contributed by atoms with Gasteiger partial charge in [-0.3, -0.25) is 0 Å². The second-order valence-corrected chi connectivity index (χ2v) is 3.95. The lowest BCUT2D eigenvalue weighted by Crippen LogP contribution is -2.16. The van der Waals surface area contributed by atoms with Gasteiger partial charge in [0.2, 0.25) is 0 Å². The Hall–Kier alpha value is -1.99. The standard InChI is InChI=1S/C12H12F2N4O.ClH/c13-5-8(6-15)3-9-4-10(14)1-2-11(9)18-7-16-17-12(18)19;/h1-2,4-5,7H,3,6,15H2,(H,17,19);1H/b8-5+;. The zero-order chi connectivity index (χ0) is 13.8. The van der Waals surface area contributed by atoms with Crippen molar-refractivity contribution in [1.29, 1.82) is 0 Å². The molecule has 0 radical (unpaired) electrons. The summed E-state index contributed by atoms with van der Waals surface area (Å²) in [5.74, 6) is -0.467. The van der Waals surface area contributed by atoms with Gasteiger partial charge in [0.25, 0.3) is 0 Å². The van der Waals surface area contributed by atoms with Crippen LogP contribution in [0.3, 0.4) is 0 Å². The fourth-order valence-corrected chi connectivity index (χ4v) is 1.75. The molecule has 0 saturated carbocycles. The first-order valence-electron chi connectivity index (χ1n) is 5.54. The minimum atomic E-state index is -0.467. The number of nitrogens with one attached hydrogen (secondary N) is 1. The second kappa shape index (κ2) is 6.97. The summed E-state index contributed by atoms with van der Waals surface area (Å²) in [4.78, 5) is 11.5. The molecular formula is C12H13ClF2N4O. The Morgan fingerprint density at radius 1 is 1.50 bits per heavy atom. The third-order valence-electron chi connectivity index (χ3n) is 2.69. The van der Waals surface area contributed by atoms with Crippen LogP contribution in [0.15, 0.2) is 41.2 Å². The van der Waals surface area contributed by atoms with Crippen molar-refractivity contribution in [1.82, 2.24) is 14.8 Å². The van der Waals surface area contributed by atoms with E-state index < -0.39 is 11.5 Å². The number of aromatic nitrogens is 3. The average molecular weight is 303 g/mol. The highest BCUT2D eigenvalue weighted by Crippen LogP contribution is 2.18. The van der Waals surface area contributed by atoms with Crippen molar-refractivity contribution in [2.75, 3.05) is 6.54 Å². The first-order valence-corrected chi connectivity index (χ1v) is 5.54. The van der Waals surface area contributed by atoms with Gasteiger partial charge in [0, 0.05) is 6.54 Å². The fraction of sp³-hybridized carbons (Fsp3) is 0.167. The van der Waals surface area contributed by atoms with Gasteiger partial charge in [-0.05, 0) is 35.8 Å². The van der Waals surface area contributed by atoms with Crippen molar-refractivity contribution in [3.63, 3.8) is 0 Å². The number of aromatic amines is 1. The van der Waals surface area contributed by atoms with E-state index in [1.54, 1.807) is 0 Å². The molecule has 0 unspecified atom stereocenters. The summed E-state index contributed by atoms with van der Waals surface area (Å²) in [6.07, 6.45) is 1.80. The normalized spacial score (nSPS) is 11.2. The smallest absolute Gasteiger partial charge is 0.327 e. The lowest BCUT2D eigenvalue weighted by atomic mass is 10.0. The number of rotatable bonds is 4. The summed E-state index contributed by atoms with van der Waals surface area (Å²) in [5.41, 5.74) is 6.13. The highest BCUT2D eigenvalue weighted by atomic mass is 35.5. The summed E-state index contributed by atoms with van der Waals surface area (Å²) < 4.78 is 27.1. The van der Waals surface area contributed by atoms with Gasteiger partial charge in [-0.15, -0.1) is 12.4 Å². The van der Waals surface area contributed by atoms with E-state index in [2.05, 4.69) is 10.2 Å². The van der Waals surface area contributed by atoms with Crippen molar-refractivity contribution >= 4 is 12.4 Å². The Balaban J connectivity index is 0.00000200. The van der Waals surface area contributed by atoms with Gasteiger partial charge in [0.05, 0.1) is 12.0 Å². The monoisotopic (exact) mass is 302 g/mol.